The minimum absolute atomic E-state index is 0.347. The molecule has 0 spiro atoms. The molecule has 1 atom stereocenters. The Morgan fingerprint density at radius 3 is 2.80 bits per heavy atom. The van der Waals surface area contributed by atoms with Crippen LogP contribution in [-0.4, -0.2) is 19.7 Å². The maximum atomic E-state index is 6.00. The highest BCUT2D eigenvalue weighted by molar-refractivity contribution is 6.32. The predicted octanol–water partition coefficient (Wildman–Crippen LogP) is 2.50. The van der Waals surface area contributed by atoms with Crippen LogP contribution < -0.4 is 15.8 Å². The number of halogens is 1. The highest BCUT2D eigenvalue weighted by Crippen LogP contribution is 2.27. The third kappa shape index (κ3) is 3.61. The van der Waals surface area contributed by atoms with Gasteiger partial charge in [-0.15, -0.1) is 0 Å². The van der Waals surface area contributed by atoms with Crippen LogP contribution >= 0.6 is 11.6 Å². The summed E-state index contributed by atoms with van der Waals surface area (Å²) in [6.45, 7) is 2.77. The molecule has 3 N–H and O–H groups in total. The molecule has 1 unspecified atom stereocenters. The second-order valence-electron chi connectivity index (χ2n) is 3.47. The van der Waals surface area contributed by atoms with E-state index in [0.717, 1.165) is 12.1 Å². The zero-order chi connectivity index (χ0) is 11.3. The molecule has 0 saturated heterocycles. The highest BCUT2D eigenvalue weighted by atomic mass is 35.5. The van der Waals surface area contributed by atoms with Crippen LogP contribution in [0.2, 0.25) is 5.02 Å². The van der Waals surface area contributed by atoms with Crippen LogP contribution in [0.25, 0.3) is 0 Å². The van der Waals surface area contributed by atoms with Gasteiger partial charge in [-0.2, -0.15) is 0 Å². The Morgan fingerprint density at radius 2 is 2.27 bits per heavy atom. The first-order valence-corrected chi connectivity index (χ1v) is 5.35. The maximum Gasteiger partial charge on any atom is 0.137 e. The number of benzene rings is 1. The van der Waals surface area contributed by atoms with Gasteiger partial charge in [-0.1, -0.05) is 11.6 Å². The molecule has 0 radical (unpaired) electrons. The monoisotopic (exact) mass is 228 g/mol. The molecule has 0 saturated carbocycles. The lowest BCUT2D eigenvalue weighted by atomic mass is 10.2. The quantitative estimate of drug-likeness (QED) is 0.814. The summed E-state index contributed by atoms with van der Waals surface area (Å²) < 4.78 is 5.07. The van der Waals surface area contributed by atoms with Crippen molar-refractivity contribution in [1.29, 1.82) is 0 Å². The number of hydrogen-bond acceptors (Lipinski definition) is 3. The van der Waals surface area contributed by atoms with Gasteiger partial charge in [0.25, 0.3) is 0 Å². The Hall–Kier alpha value is -0.930. The van der Waals surface area contributed by atoms with Gasteiger partial charge in [0.2, 0.25) is 0 Å². The fourth-order valence-corrected chi connectivity index (χ4v) is 1.62. The number of nitrogens with two attached hydrogens (primary N) is 1. The SMILES string of the molecule is COc1ccc(NC(C)CCN)cc1Cl. The molecule has 0 bridgehead atoms. The van der Waals surface area contributed by atoms with Gasteiger partial charge in [0.1, 0.15) is 5.75 Å². The Kier molecular flexibility index (Phi) is 4.72. The molecule has 3 nitrogen and oxygen atoms in total. The van der Waals surface area contributed by atoms with Crippen molar-refractivity contribution in [2.45, 2.75) is 19.4 Å². The third-order valence-electron chi connectivity index (χ3n) is 2.16. The number of rotatable bonds is 5. The van der Waals surface area contributed by atoms with E-state index in [4.69, 9.17) is 22.1 Å². The Morgan fingerprint density at radius 1 is 1.53 bits per heavy atom. The molecule has 0 aliphatic heterocycles. The number of ether oxygens (including phenoxy) is 1. The molecule has 0 heterocycles. The molecule has 0 aliphatic carbocycles. The molecule has 84 valence electrons. The smallest absolute Gasteiger partial charge is 0.137 e. The molecule has 0 aromatic heterocycles. The van der Waals surface area contributed by atoms with Crippen LogP contribution in [0.3, 0.4) is 0 Å². The van der Waals surface area contributed by atoms with Crippen LogP contribution in [0.1, 0.15) is 13.3 Å². The van der Waals surface area contributed by atoms with Crippen molar-refractivity contribution in [1.82, 2.24) is 0 Å². The van der Waals surface area contributed by atoms with E-state index in [1.807, 2.05) is 18.2 Å². The van der Waals surface area contributed by atoms with Gasteiger partial charge in [0.15, 0.2) is 0 Å². The average Bonchev–Trinajstić information content (AvgIpc) is 2.18. The minimum atomic E-state index is 0.347. The van der Waals surface area contributed by atoms with E-state index in [1.165, 1.54) is 0 Å². The van der Waals surface area contributed by atoms with E-state index in [2.05, 4.69) is 12.2 Å². The van der Waals surface area contributed by atoms with Gasteiger partial charge in [-0.3, -0.25) is 0 Å². The number of hydrogen-bond donors (Lipinski definition) is 2. The predicted molar refractivity (Wildman–Crippen MR) is 64.8 cm³/mol. The van der Waals surface area contributed by atoms with Gasteiger partial charge < -0.3 is 15.8 Å². The van der Waals surface area contributed by atoms with E-state index >= 15 is 0 Å². The lowest BCUT2D eigenvalue weighted by Gasteiger charge is -2.15. The van der Waals surface area contributed by atoms with Crippen molar-refractivity contribution in [3.8, 4) is 5.75 Å². The van der Waals surface area contributed by atoms with Gasteiger partial charge in [-0.25, -0.2) is 0 Å². The average molecular weight is 229 g/mol. The largest absolute Gasteiger partial charge is 0.495 e. The van der Waals surface area contributed by atoms with Crippen molar-refractivity contribution >= 4 is 17.3 Å². The van der Waals surface area contributed by atoms with Crippen molar-refractivity contribution < 1.29 is 4.74 Å². The first-order valence-electron chi connectivity index (χ1n) is 4.97. The minimum Gasteiger partial charge on any atom is -0.495 e. The highest BCUT2D eigenvalue weighted by Gasteiger charge is 2.04. The summed E-state index contributed by atoms with van der Waals surface area (Å²) in [4.78, 5) is 0. The topological polar surface area (TPSA) is 47.3 Å². The fraction of sp³-hybridized carbons (Fsp3) is 0.455. The first kappa shape index (κ1) is 12.1. The number of nitrogens with one attached hydrogen (secondary N) is 1. The van der Waals surface area contributed by atoms with Gasteiger partial charge in [0, 0.05) is 11.7 Å². The molecule has 1 rings (SSSR count). The second kappa shape index (κ2) is 5.83. The normalized spacial score (nSPS) is 12.3. The first-order chi connectivity index (χ1) is 7.17. The lowest BCUT2D eigenvalue weighted by molar-refractivity contribution is 0.415. The van der Waals surface area contributed by atoms with Crippen molar-refractivity contribution in [2.24, 2.45) is 5.73 Å². The van der Waals surface area contributed by atoms with Gasteiger partial charge >= 0.3 is 0 Å². The van der Waals surface area contributed by atoms with E-state index in [9.17, 15) is 0 Å². The molecular formula is C11H17ClN2O. The molecule has 4 heteroatoms. The Labute approximate surface area is 95.6 Å². The number of anilines is 1. The Balaban J connectivity index is 2.66. The molecule has 1 aromatic carbocycles. The summed E-state index contributed by atoms with van der Waals surface area (Å²) in [5, 5.41) is 3.93. The van der Waals surface area contributed by atoms with Gasteiger partial charge in [-0.05, 0) is 38.1 Å². The van der Waals surface area contributed by atoms with Crippen LogP contribution in [0.4, 0.5) is 5.69 Å². The summed E-state index contributed by atoms with van der Waals surface area (Å²) in [5.41, 5.74) is 6.46. The number of methoxy groups -OCH3 is 1. The van der Waals surface area contributed by atoms with Crippen molar-refractivity contribution in [2.75, 3.05) is 19.0 Å². The fourth-order valence-electron chi connectivity index (χ4n) is 1.36. The van der Waals surface area contributed by atoms with E-state index < -0.39 is 0 Å². The second-order valence-corrected chi connectivity index (χ2v) is 3.88. The molecule has 15 heavy (non-hydrogen) atoms. The Bertz CT molecular complexity index is 317. The van der Waals surface area contributed by atoms with Crippen molar-refractivity contribution in [3.05, 3.63) is 23.2 Å². The van der Waals surface area contributed by atoms with Crippen molar-refractivity contribution in [3.63, 3.8) is 0 Å². The molecular weight excluding hydrogens is 212 g/mol. The summed E-state index contributed by atoms with van der Waals surface area (Å²) in [7, 11) is 1.60. The summed E-state index contributed by atoms with van der Waals surface area (Å²) >= 11 is 6.00. The van der Waals surface area contributed by atoms with E-state index in [0.29, 0.717) is 23.4 Å². The zero-order valence-corrected chi connectivity index (χ0v) is 9.84. The standard InChI is InChI=1S/C11H17ClN2O/c1-8(5-6-13)14-9-3-4-11(15-2)10(12)7-9/h3-4,7-8,14H,5-6,13H2,1-2H3. The molecule has 0 amide bonds. The molecule has 1 aromatic rings. The third-order valence-corrected chi connectivity index (χ3v) is 2.46. The molecule has 0 fully saturated rings. The summed E-state index contributed by atoms with van der Waals surface area (Å²) in [6, 6.07) is 5.99. The maximum absolute atomic E-state index is 6.00. The van der Waals surface area contributed by atoms with Crippen LogP contribution in [0.5, 0.6) is 5.75 Å². The summed E-state index contributed by atoms with van der Waals surface area (Å²) in [5.74, 6) is 0.689. The zero-order valence-electron chi connectivity index (χ0n) is 9.09. The lowest BCUT2D eigenvalue weighted by Crippen LogP contribution is -2.19. The van der Waals surface area contributed by atoms with Gasteiger partial charge in [0.05, 0.1) is 12.1 Å². The van der Waals surface area contributed by atoms with Crippen LogP contribution in [0.15, 0.2) is 18.2 Å². The van der Waals surface area contributed by atoms with E-state index in [-0.39, 0.29) is 0 Å². The van der Waals surface area contributed by atoms with Crippen LogP contribution in [-0.2, 0) is 0 Å². The van der Waals surface area contributed by atoms with Crippen LogP contribution in [0, 0.1) is 0 Å². The molecule has 0 aliphatic rings. The summed E-state index contributed by atoms with van der Waals surface area (Å²) in [6.07, 6.45) is 0.934. The van der Waals surface area contributed by atoms with E-state index in [1.54, 1.807) is 7.11 Å².